The third-order valence-corrected chi connectivity index (χ3v) is 1.87. The van der Waals surface area contributed by atoms with Crippen molar-refractivity contribution in [2.75, 3.05) is 0 Å². The van der Waals surface area contributed by atoms with Crippen LogP contribution in [0.15, 0.2) is 0 Å². The van der Waals surface area contributed by atoms with Crippen LogP contribution < -0.4 is 11.3 Å². The molecule has 0 saturated heterocycles. The van der Waals surface area contributed by atoms with Crippen molar-refractivity contribution >= 4 is 0 Å². The molecule has 0 fully saturated rings. The van der Waals surface area contributed by atoms with E-state index in [0.717, 1.165) is 6.42 Å². The van der Waals surface area contributed by atoms with Gasteiger partial charge in [0.05, 0.1) is 6.04 Å². The molecule has 0 radical (unpaired) electrons. The first kappa shape index (κ1) is 10.8. The van der Waals surface area contributed by atoms with Crippen molar-refractivity contribution in [1.29, 1.82) is 0 Å². The molecule has 0 amide bonds. The minimum absolute atomic E-state index is 0.296. The summed E-state index contributed by atoms with van der Waals surface area (Å²) in [6.07, 6.45) is -1.02. The van der Waals surface area contributed by atoms with Crippen LogP contribution in [-0.4, -0.2) is 12.5 Å². The van der Waals surface area contributed by atoms with Gasteiger partial charge in [-0.3, -0.25) is 11.3 Å². The fraction of sp³-hybridized carbons (Fsp3) is 1.00. The predicted octanol–water partition coefficient (Wildman–Crippen LogP) is 1.52. The van der Waals surface area contributed by atoms with Crippen LogP contribution in [0.1, 0.15) is 26.7 Å². The molecule has 0 saturated carbocycles. The van der Waals surface area contributed by atoms with Gasteiger partial charge in [0.15, 0.2) is 0 Å². The molecule has 0 aliphatic rings. The molecule has 0 rings (SSSR count). The van der Waals surface area contributed by atoms with Gasteiger partial charge in [-0.05, 0) is 12.3 Å². The van der Waals surface area contributed by atoms with Crippen molar-refractivity contribution in [3.05, 3.63) is 0 Å². The van der Waals surface area contributed by atoms with E-state index in [0.29, 0.717) is 12.3 Å². The summed E-state index contributed by atoms with van der Waals surface area (Å²) < 4.78 is 24.1. The van der Waals surface area contributed by atoms with Crippen LogP contribution >= 0.6 is 0 Å². The zero-order valence-electron chi connectivity index (χ0n) is 6.98. The van der Waals surface area contributed by atoms with Gasteiger partial charge in [-0.2, -0.15) is 0 Å². The second-order valence-electron chi connectivity index (χ2n) is 2.86. The fourth-order valence-electron chi connectivity index (χ4n) is 0.844. The summed E-state index contributed by atoms with van der Waals surface area (Å²) in [6.45, 7) is 3.91. The van der Waals surface area contributed by atoms with Crippen molar-refractivity contribution in [1.82, 2.24) is 5.43 Å². The number of alkyl halides is 2. The quantitative estimate of drug-likeness (QED) is 0.480. The van der Waals surface area contributed by atoms with E-state index in [1.807, 2.05) is 13.8 Å². The number of halogens is 2. The Morgan fingerprint density at radius 1 is 1.45 bits per heavy atom. The average molecular weight is 166 g/mol. The van der Waals surface area contributed by atoms with Crippen molar-refractivity contribution < 1.29 is 8.78 Å². The molecule has 0 spiro atoms. The molecule has 2 atom stereocenters. The lowest BCUT2D eigenvalue weighted by Crippen LogP contribution is -2.41. The molecule has 0 aliphatic heterocycles. The topological polar surface area (TPSA) is 38.0 Å². The predicted molar refractivity (Wildman–Crippen MR) is 41.2 cm³/mol. The number of hydrogen-bond acceptors (Lipinski definition) is 2. The molecule has 4 heteroatoms. The van der Waals surface area contributed by atoms with Gasteiger partial charge in [-0.1, -0.05) is 20.3 Å². The molecular weight excluding hydrogens is 150 g/mol. The molecule has 2 unspecified atom stereocenters. The molecule has 0 bridgehead atoms. The Kier molecular flexibility index (Phi) is 5.32. The Morgan fingerprint density at radius 2 is 2.00 bits per heavy atom. The lowest BCUT2D eigenvalue weighted by molar-refractivity contribution is 0.0866. The highest BCUT2D eigenvalue weighted by Gasteiger charge is 2.20. The van der Waals surface area contributed by atoms with Gasteiger partial charge in [0.2, 0.25) is 0 Å². The lowest BCUT2D eigenvalue weighted by atomic mass is 10.0. The average Bonchev–Trinajstić information content (AvgIpc) is 1.99. The first-order chi connectivity index (χ1) is 5.11. The van der Waals surface area contributed by atoms with Crippen LogP contribution in [0.3, 0.4) is 0 Å². The van der Waals surface area contributed by atoms with Crippen LogP contribution in [-0.2, 0) is 0 Å². The van der Waals surface area contributed by atoms with E-state index in [4.69, 9.17) is 5.84 Å². The van der Waals surface area contributed by atoms with Crippen molar-refractivity contribution in [2.24, 2.45) is 11.8 Å². The van der Waals surface area contributed by atoms with Crippen LogP contribution in [0.4, 0.5) is 8.78 Å². The second kappa shape index (κ2) is 5.43. The van der Waals surface area contributed by atoms with E-state index in [2.05, 4.69) is 5.43 Å². The minimum atomic E-state index is -2.37. The Balaban J connectivity index is 3.68. The molecule has 0 aromatic carbocycles. The SMILES string of the molecule is CCC(C)CC(NN)C(F)F. The van der Waals surface area contributed by atoms with E-state index in [1.165, 1.54) is 0 Å². The van der Waals surface area contributed by atoms with Crippen molar-refractivity contribution in [3.63, 3.8) is 0 Å². The number of hydrogen-bond donors (Lipinski definition) is 2. The number of nitrogens with one attached hydrogen (secondary N) is 1. The summed E-state index contributed by atoms with van der Waals surface area (Å²) in [5, 5.41) is 0. The van der Waals surface area contributed by atoms with E-state index in [9.17, 15) is 8.78 Å². The van der Waals surface area contributed by atoms with Crippen molar-refractivity contribution in [2.45, 2.75) is 39.2 Å². The van der Waals surface area contributed by atoms with Crippen LogP contribution in [0, 0.1) is 5.92 Å². The Labute approximate surface area is 66.1 Å². The summed E-state index contributed by atoms with van der Waals surface area (Å²) in [7, 11) is 0. The number of nitrogens with two attached hydrogens (primary N) is 1. The molecule has 0 aromatic rings. The molecule has 68 valence electrons. The molecule has 0 aliphatic carbocycles. The summed E-state index contributed by atoms with van der Waals surface area (Å²) in [5.41, 5.74) is 2.12. The highest BCUT2D eigenvalue weighted by molar-refractivity contribution is 4.68. The maximum atomic E-state index is 12.1. The zero-order valence-corrected chi connectivity index (χ0v) is 6.98. The van der Waals surface area contributed by atoms with Crippen LogP contribution in [0.2, 0.25) is 0 Å². The molecule has 2 nitrogen and oxygen atoms in total. The maximum absolute atomic E-state index is 12.1. The lowest BCUT2D eigenvalue weighted by Gasteiger charge is -2.17. The zero-order chi connectivity index (χ0) is 8.85. The van der Waals surface area contributed by atoms with Gasteiger partial charge in [-0.15, -0.1) is 0 Å². The molecule has 0 heterocycles. The third kappa shape index (κ3) is 4.27. The smallest absolute Gasteiger partial charge is 0.255 e. The Bertz CT molecular complexity index is 98.4. The van der Waals surface area contributed by atoms with E-state index >= 15 is 0 Å². The maximum Gasteiger partial charge on any atom is 0.255 e. The summed E-state index contributed by atoms with van der Waals surface area (Å²) in [4.78, 5) is 0. The van der Waals surface area contributed by atoms with Crippen LogP contribution in [0.25, 0.3) is 0 Å². The molecular formula is C7H16F2N2. The summed E-state index contributed by atoms with van der Waals surface area (Å²) in [5.74, 6) is 5.24. The largest absolute Gasteiger partial charge is 0.271 e. The van der Waals surface area contributed by atoms with E-state index in [-0.39, 0.29) is 0 Å². The summed E-state index contributed by atoms with van der Waals surface area (Å²) >= 11 is 0. The molecule has 3 N–H and O–H groups in total. The highest BCUT2D eigenvalue weighted by atomic mass is 19.3. The standard InChI is InChI=1S/C7H16F2N2/c1-3-5(2)4-6(11-10)7(8)9/h5-7,11H,3-4,10H2,1-2H3. The highest BCUT2D eigenvalue weighted by Crippen LogP contribution is 2.13. The van der Waals surface area contributed by atoms with Gasteiger partial charge < -0.3 is 0 Å². The fourth-order valence-corrected chi connectivity index (χ4v) is 0.844. The van der Waals surface area contributed by atoms with E-state index < -0.39 is 12.5 Å². The Morgan fingerprint density at radius 3 is 2.27 bits per heavy atom. The van der Waals surface area contributed by atoms with Gasteiger partial charge in [0, 0.05) is 0 Å². The first-order valence-corrected chi connectivity index (χ1v) is 3.86. The van der Waals surface area contributed by atoms with Crippen molar-refractivity contribution in [3.8, 4) is 0 Å². The second-order valence-corrected chi connectivity index (χ2v) is 2.86. The number of hydrazine groups is 1. The van der Waals surface area contributed by atoms with E-state index in [1.54, 1.807) is 0 Å². The summed E-state index contributed by atoms with van der Waals surface area (Å²) in [6, 6.07) is -0.857. The monoisotopic (exact) mass is 166 g/mol. The third-order valence-electron chi connectivity index (χ3n) is 1.87. The van der Waals surface area contributed by atoms with Gasteiger partial charge >= 0.3 is 0 Å². The first-order valence-electron chi connectivity index (χ1n) is 3.86. The number of rotatable bonds is 5. The van der Waals surface area contributed by atoms with Gasteiger partial charge in [0.1, 0.15) is 0 Å². The molecule has 0 aromatic heterocycles. The van der Waals surface area contributed by atoms with Crippen LogP contribution in [0.5, 0.6) is 0 Å². The van der Waals surface area contributed by atoms with Gasteiger partial charge in [-0.25, -0.2) is 8.78 Å². The molecule has 11 heavy (non-hydrogen) atoms. The minimum Gasteiger partial charge on any atom is -0.271 e. The Hall–Kier alpha value is -0.220. The van der Waals surface area contributed by atoms with Gasteiger partial charge in [0.25, 0.3) is 6.43 Å². The normalized spacial score (nSPS) is 16.9.